The van der Waals surface area contributed by atoms with Crippen LogP contribution in [0.25, 0.3) is 0 Å². The van der Waals surface area contributed by atoms with Crippen LogP contribution in [-0.4, -0.2) is 39.6 Å². The molecule has 0 aromatic heterocycles. The predicted molar refractivity (Wildman–Crippen MR) is 106 cm³/mol. The molecule has 2 aromatic carbocycles. The van der Waals surface area contributed by atoms with Crippen LogP contribution in [0.15, 0.2) is 58.3 Å². The molecule has 0 aliphatic heterocycles. The fraction of sp³-hybridized carbons (Fsp3) is 0.222. The highest BCUT2D eigenvalue weighted by atomic mass is 32.2. The van der Waals surface area contributed by atoms with E-state index in [0.29, 0.717) is 5.69 Å². The van der Waals surface area contributed by atoms with E-state index in [1.807, 2.05) is 31.4 Å². The van der Waals surface area contributed by atoms with Crippen LogP contribution in [0.4, 0.5) is 5.69 Å². The first-order valence-corrected chi connectivity index (χ1v) is 10.8. The third-order valence-electron chi connectivity index (χ3n) is 3.55. The SMILES string of the molecule is CSc1cccc(NC(=O)CNC(=O)CNS(=O)(=O)c2ccc(C)cc2)c1. The molecule has 0 aliphatic carbocycles. The molecular weight excluding hydrogens is 386 g/mol. The Kier molecular flexibility index (Phi) is 7.40. The van der Waals surface area contributed by atoms with Gasteiger partial charge in [-0.15, -0.1) is 11.8 Å². The second-order valence-corrected chi connectivity index (χ2v) is 8.34. The lowest BCUT2D eigenvalue weighted by atomic mass is 10.2. The van der Waals surface area contributed by atoms with E-state index in [-0.39, 0.29) is 11.4 Å². The molecule has 0 unspecified atom stereocenters. The Morgan fingerprint density at radius 2 is 1.70 bits per heavy atom. The van der Waals surface area contributed by atoms with Crippen LogP contribution in [0.2, 0.25) is 0 Å². The summed E-state index contributed by atoms with van der Waals surface area (Å²) in [7, 11) is -3.78. The number of benzene rings is 2. The van der Waals surface area contributed by atoms with Crippen molar-refractivity contribution < 1.29 is 18.0 Å². The molecule has 0 heterocycles. The lowest BCUT2D eigenvalue weighted by Gasteiger charge is -2.09. The first kappa shape index (κ1) is 20.9. The molecule has 0 fully saturated rings. The van der Waals surface area contributed by atoms with Crippen molar-refractivity contribution in [2.24, 2.45) is 0 Å². The van der Waals surface area contributed by atoms with Gasteiger partial charge in [0.25, 0.3) is 0 Å². The van der Waals surface area contributed by atoms with Crippen molar-refractivity contribution >= 4 is 39.3 Å². The molecule has 9 heteroatoms. The van der Waals surface area contributed by atoms with Crippen molar-refractivity contribution in [2.75, 3.05) is 24.7 Å². The predicted octanol–water partition coefficient (Wildman–Crippen LogP) is 1.75. The molecule has 0 bridgehead atoms. The van der Waals surface area contributed by atoms with Crippen LogP contribution in [-0.2, 0) is 19.6 Å². The number of aryl methyl sites for hydroxylation is 1. The third-order valence-corrected chi connectivity index (χ3v) is 5.70. The van der Waals surface area contributed by atoms with Gasteiger partial charge >= 0.3 is 0 Å². The van der Waals surface area contributed by atoms with Crippen LogP contribution in [0, 0.1) is 6.92 Å². The zero-order valence-electron chi connectivity index (χ0n) is 15.0. The van der Waals surface area contributed by atoms with E-state index < -0.39 is 28.4 Å². The van der Waals surface area contributed by atoms with Gasteiger partial charge in [-0.2, -0.15) is 0 Å². The first-order valence-electron chi connectivity index (χ1n) is 8.07. The molecule has 0 atom stereocenters. The zero-order valence-corrected chi connectivity index (χ0v) is 16.6. The molecule has 0 saturated carbocycles. The molecule has 0 radical (unpaired) electrons. The van der Waals surface area contributed by atoms with Crippen LogP contribution in [0.5, 0.6) is 0 Å². The minimum Gasteiger partial charge on any atom is -0.346 e. The third kappa shape index (κ3) is 6.70. The first-order chi connectivity index (χ1) is 12.8. The minimum atomic E-state index is -3.78. The summed E-state index contributed by atoms with van der Waals surface area (Å²) in [5.74, 6) is -0.998. The van der Waals surface area contributed by atoms with Crippen LogP contribution < -0.4 is 15.4 Å². The Balaban J connectivity index is 1.80. The van der Waals surface area contributed by atoms with Crippen molar-refractivity contribution in [1.82, 2.24) is 10.0 Å². The number of rotatable bonds is 8. The van der Waals surface area contributed by atoms with E-state index >= 15 is 0 Å². The standard InChI is InChI=1S/C18H21N3O4S2/c1-13-6-8-16(9-7-13)27(24,25)20-12-17(22)19-11-18(23)21-14-4-3-5-15(10-14)26-2/h3-10,20H,11-12H2,1-2H3,(H,19,22)(H,21,23). The van der Waals surface area contributed by atoms with E-state index in [1.54, 1.807) is 30.0 Å². The van der Waals surface area contributed by atoms with Gasteiger partial charge in [-0.05, 0) is 43.5 Å². The number of thioether (sulfide) groups is 1. The summed E-state index contributed by atoms with van der Waals surface area (Å²) in [6, 6.07) is 13.6. The van der Waals surface area contributed by atoms with Crippen molar-refractivity contribution in [3.8, 4) is 0 Å². The average Bonchev–Trinajstić information content (AvgIpc) is 2.65. The van der Waals surface area contributed by atoms with Gasteiger partial charge in [-0.25, -0.2) is 13.1 Å². The highest BCUT2D eigenvalue weighted by molar-refractivity contribution is 7.98. The maximum atomic E-state index is 12.1. The summed E-state index contributed by atoms with van der Waals surface area (Å²) in [6.07, 6.45) is 1.93. The molecule has 2 rings (SSSR count). The van der Waals surface area contributed by atoms with E-state index in [0.717, 1.165) is 10.5 Å². The second-order valence-electron chi connectivity index (χ2n) is 5.69. The van der Waals surface area contributed by atoms with Gasteiger partial charge in [0, 0.05) is 10.6 Å². The lowest BCUT2D eigenvalue weighted by molar-refractivity contribution is -0.123. The van der Waals surface area contributed by atoms with E-state index in [9.17, 15) is 18.0 Å². The molecule has 3 N–H and O–H groups in total. The molecule has 144 valence electrons. The molecule has 2 amide bonds. The fourth-order valence-electron chi connectivity index (χ4n) is 2.11. The van der Waals surface area contributed by atoms with Crippen molar-refractivity contribution in [3.05, 3.63) is 54.1 Å². The quantitative estimate of drug-likeness (QED) is 0.579. The Morgan fingerprint density at radius 3 is 2.37 bits per heavy atom. The van der Waals surface area contributed by atoms with Crippen molar-refractivity contribution in [3.63, 3.8) is 0 Å². The normalized spacial score (nSPS) is 11.0. The summed E-state index contributed by atoms with van der Waals surface area (Å²) in [5.41, 5.74) is 1.56. The number of carbonyl (C=O) groups is 2. The zero-order chi connectivity index (χ0) is 19.9. The average molecular weight is 408 g/mol. The molecule has 0 aliphatic rings. The molecule has 0 saturated heterocycles. The minimum absolute atomic E-state index is 0.0762. The van der Waals surface area contributed by atoms with Gasteiger partial charge in [-0.1, -0.05) is 23.8 Å². The summed E-state index contributed by atoms with van der Waals surface area (Å²) in [6.45, 7) is 1.14. The highest BCUT2D eigenvalue weighted by Crippen LogP contribution is 2.18. The number of amides is 2. The van der Waals surface area contributed by atoms with Gasteiger partial charge in [0.05, 0.1) is 18.0 Å². The molecular formula is C18H21N3O4S2. The van der Waals surface area contributed by atoms with Gasteiger partial charge < -0.3 is 10.6 Å². The topological polar surface area (TPSA) is 104 Å². The highest BCUT2D eigenvalue weighted by Gasteiger charge is 2.15. The Labute approximate surface area is 163 Å². The number of hydrogen-bond donors (Lipinski definition) is 3. The maximum absolute atomic E-state index is 12.1. The largest absolute Gasteiger partial charge is 0.346 e. The summed E-state index contributed by atoms with van der Waals surface area (Å²) in [5, 5.41) is 5.05. The number of hydrogen-bond acceptors (Lipinski definition) is 5. The molecule has 27 heavy (non-hydrogen) atoms. The van der Waals surface area contributed by atoms with E-state index in [4.69, 9.17) is 0 Å². The summed E-state index contributed by atoms with van der Waals surface area (Å²) in [4.78, 5) is 24.8. The lowest BCUT2D eigenvalue weighted by Crippen LogP contribution is -2.40. The molecule has 0 spiro atoms. The van der Waals surface area contributed by atoms with Crippen LogP contribution in [0.1, 0.15) is 5.56 Å². The number of sulfonamides is 1. The fourth-order valence-corrected chi connectivity index (χ4v) is 3.55. The van der Waals surface area contributed by atoms with E-state index in [2.05, 4.69) is 15.4 Å². The Bertz CT molecular complexity index is 912. The molecule has 7 nitrogen and oxygen atoms in total. The van der Waals surface area contributed by atoms with Gasteiger partial charge in [0.2, 0.25) is 21.8 Å². The van der Waals surface area contributed by atoms with Gasteiger partial charge in [0.1, 0.15) is 0 Å². The Morgan fingerprint density at radius 1 is 1.00 bits per heavy atom. The second kappa shape index (κ2) is 9.54. The van der Waals surface area contributed by atoms with Crippen molar-refractivity contribution in [1.29, 1.82) is 0 Å². The smallest absolute Gasteiger partial charge is 0.243 e. The number of nitrogens with one attached hydrogen (secondary N) is 3. The number of anilines is 1. The van der Waals surface area contributed by atoms with Gasteiger partial charge in [-0.3, -0.25) is 9.59 Å². The number of carbonyl (C=O) groups excluding carboxylic acids is 2. The monoisotopic (exact) mass is 407 g/mol. The Hall–Kier alpha value is -2.36. The van der Waals surface area contributed by atoms with Gasteiger partial charge in [0.15, 0.2) is 0 Å². The summed E-state index contributed by atoms with van der Waals surface area (Å²) < 4.78 is 26.4. The summed E-state index contributed by atoms with van der Waals surface area (Å²) >= 11 is 1.55. The maximum Gasteiger partial charge on any atom is 0.243 e. The van der Waals surface area contributed by atoms with Crippen LogP contribution >= 0.6 is 11.8 Å². The van der Waals surface area contributed by atoms with Crippen molar-refractivity contribution in [2.45, 2.75) is 16.7 Å². The van der Waals surface area contributed by atoms with Crippen LogP contribution in [0.3, 0.4) is 0 Å². The molecule has 2 aromatic rings. The van der Waals surface area contributed by atoms with E-state index in [1.165, 1.54) is 12.1 Å².